The Balaban J connectivity index is 3.29. The third-order valence-corrected chi connectivity index (χ3v) is 3.27. The van der Waals surface area contributed by atoms with Gasteiger partial charge in [0.15, 0.2) is 0 Å². The van der Waals surface area contributed by atoms with Gasteiger partial charge in [-0.1, -0.05) is 39.0 Å². The minimum absolute atomic E-state index is 0.465. The molecule has 0 aromatic heterocycles. The first-order chi connectivity index (χ1) is 7.27. The highest BCUT2D eigenvalue weighted by Crippen LogP contribution is 2.19. The van der Waals surface area contributed by atoms with Gasteiger partial charge in [0.2, 0.25) is 0 Å². The van der Waals surface area contributed by atoms with Gasteiger partial charge in [0.25, 0.3) is 0 Å². The summed E-state index contributed by atoms with van der Waals surface area (Å²) in [7, 11) is 0. The summed E-state index contributed by atoms with van der Waals surface area (Å²) < 4.78 is 0. The van der Waals surface area contributed by atoms with Gasteiger partial charge >= 0.3 is 0 Å². The van der Waals surface area contributed by atoms with Crippen LogP contribution in [0.15, 0.2) is 0 Å². The molecule has 0 spiro atoms. The van der Waals surface area contributed by atoms with Crippen LogP contribution in [0, 0.1) is 0 Å². The highest BCUT2D eigenvalue weighted by atomic mass is 16.3. The number of rotatable bonds is 9. The standard InChI is InChI=1S/C14H30O2/c1-5-14(4,16)12-10-8-6-7-9-11-13(2,3)15/h15-16H,5-12H2,1-4H3. The van der Waals surface area contributed by atoms with Crippen LogP contribution in [0.5, 0.6) is 0 Å². The van der Waals surface area contributed by atoms with E-state index in [2.05, 4.69) is 0 Å². The van der Waals surface area contributed by atoms with E-state index in [-0.39, 0.29) is 0 Å². The topological polar surface area (TPSA) is 40.5 Å². The highest BCUT2D eigenvalue weighted by Gasteiger charge is 2.16. The monoisotopic (exact) mass is 230 g/mol. The molecule has 1 unspecified atom stereocenters. The Hall–Kier alpha value is -0.0800. The fourth-order valence-corrected chi connectivity index (χ4v) is 1.77. The van der Waals surface area contributed by atoms with Gasteiger partial charge in [0, 0.05) is 0 Å². The summed E-state index contributed by atoms with van der Waals surface area (Å²) in [4.78, 5) is 0. The second-order valence-corrected chi connectivity index (χ2v) is 5.93. The van der Waals surface area contributed by atoms with Crippen LogP contribution in [0.2, 0.25) is 0 Å². The molecule has 0 aliphatic carbocycles. The Labute approximate surface area is 101 Å². The van der Waals surface area contributed by atoms with Crippen molar-refractivity contribution >= 4 is 0 Å². The quantitative estimate of drug-likeness (QED) is 0.594. The van der Waals surface area contributed by atoms with Crippen molar-refractivity contribution in [1.29, 1.82) is 0 Å². The van der Waals surface area contributed by atoms with Crippen LogP contribution < -0.4 is 0 Å². The molecule has 0 aromatic carbocycles. The molecule has 0 bridgehead atoms. The molecule has 2 heteroatoms. The smallest absolute Gasteiger partial charge is 0.0617 e. The molecular formula is C14H30O2. The number of aliphatic hydroxyl groups is 2. The van der Waals surface area contributed by atoms with Crippen LogP contribution in [0.1, 0.15) is 79.1 Å². The van der Waals surface area contributed by atoms with E-state index in [0.29, 0.717) is 0 Å². The number of hydrogen-bond donors (Lipinski definition) is 2. The summed E-state index contributed by atoms with van der Waals surface area (Å²) in [6.45, 7) is 7.68. The average molecular weight is 230 g/mol. The maximum Gasteiger partial charge on any atom is 0.0617 e. The SMILES string of the molecule is CCC(C)(O)CCCCCCCC(C)(C)O. The van der Waals surface area contributed by atoms with Crippen LogP contribution in [0.25, 0.3) is 0 Å². The molecule has 0 saturated heterocycles. The Bertz CT molecular complexity index is 168. The van der Waals surface area contributed by atoms with Gasteiger partial charge in [-0.05, 0) is 40.0 Å². The van der Waals surface area contributed by atoms with Crippen molar-refractivity contribution in [2.45, 2.75) is 90.3 Å². The summed E-state index contributed by atoms with van der Waals surface area (Å²) in [6, 6.07) is 0. The Morgan fingerprint density at radius 3 is 1.62 bits per heavy atom. The molecule has 2 nitrogen and oxygen atoms in total. The Morgan fingerprint density at radius 1 is 0.750 bits per heavy atom. The molecule has 0 amide bonds. The molecular weight excluding hydrogens is 200 g/mol. The fourth-order valence-electron chi connectivity index (χ4n) is 1.77. The van der Waals surface area contributed by atoms with Gasteiger partial charge in [0.05, 0.1) is 11.2 Å². The lowest BCUT2D eigenvalue weighted by Gasteiger charge is -2.20. The average Bonchev–Trinajstić information content (AvgIpc) is 2.14. The first kappa shape index (κ1) is 15.9. The zero-order valence-corrected chi connectivity index (χ0v) is 11.6. The first-order valence-corrected chi connectivity index (χ1v) is 6.71. The van der Waals surface area contributed by atoms with Gasteiger partial charge in [-0.2, -0.15) is 0 Å². The zero-order chi connectivity index (χ0) is 12.7. The van der Waals surface area contributed by atoms with Crippen molar-refractivity contribution in [2.75, 3.05) is 0 Å². The van der Waals surface area contributed by atoms with E-state index >= 15 is 0 Å². The fraction of sp³-hybridized carbons (Fsp3) is 1.00. The lowest BCUT2D eigenvalue weighted by Crippen LogP contribution is -2.22. The van der Waals surface area contributed by atoms with Crippen LogP contribution >= 0.6 is 0 Å². The minimum atomic E-state index is -0.508. The van der Waals surface area contributed by atoms with Gasteiger partial charge < -0.3 is 10.2 Å². The summed E-state index contributed by atoms with van der Waals surface area (Å²) >= 11 is 0. The van der Waals surface area contributed by atoms with Gasteiger partial charge in [0.1, 0.15) is 0 Å². The number of unbranched alkanes of at least 4 members (excludes halogenated alkanes) is 4. The van der Waals surface area contributed by atoms with Crippen molar-refractivity contribution < 1.29 is 10.2 Å². The van der Waals surface area contributed by atoms with E-state index in [9.17, 15) is 10.2 Å². The van der Waals surface area contributed by atoms with E-state index in [0.717, 1.165) is 32.1 Å². The van der Waals surface area contributed by atoms with E-state index in [1.807, 2.05) is 27.7 Å². The van der Waals surface area contributed by atoms with Crippen molar-refractivity contribution in [3.8, 4) is 0 Å². The summed E-state index contributed by atoms with van der Waals surface area (Å²) in [6.07, 6.45) is 8.47. The Morgan fingerprint density at radius 2 is 1.19 bits per heavy atom. The maximum absolute atomic E-state index is 9.80. The second-order valence-electron chi connectivity index (χ2n) is 5.93. The number of hydrogen-bond acceptors (Lipinski definition) is 2. The van der Waals surface area contributed by atoms with Crippen molar-refractivity contribution in [3.05, 3.63) is 0 Å². The van der Waals surface area contributed by atoms with Gasteiger partial charge in [-0.15, -0.1) is 0 Å². The summed E-state index contributed by atoms with van der Waals surface area (Å²) in [5, 5.41) is 19.3. The van der Waals surface area contributed by atoms with Gasteiger partial charge in [-0.25, -0.2) is 0 Å². The molecule has 0 radical (unpaired) electrons. The second kappa shape index (κ2) is 7.29. The molecule has 0 rings (SSSR count). The maximum atomic E-state index is 9.80. The van der Waals surface area contributed by atoms with Crippen LogP contribution in [0.4, 0.5) is 0 Å². The molecule has 0 heterocycles. The van der Waals surface area contributed by atoms with Crippen molar-refractivity contribution in [1.82, 2.24) is 0 Å². The van der Waals surface area contributed by atoms with Crippen LogP contribution in [-0.4, -0.2) is 21.4 Å². The molecule has 0 aliphatic heterocycles. The molecule has 0 saturated carbocycles. The molecule has 0 aliphatic rings. The predicted octanol–water partition coefficient (Wildman–Crippen LogP) is 3.65. The largest absolute Gasteiger partial charge is 0.390 e. The van der Waals surface area contributed by atoms with E-state index in [4.69, 9.17) is 0 Å². The summed E-state index contributed by atoms with van der Waals surface area (Å²) in [5.41, 5.74) is -0.973. The third-order valence-electron chi connectivity index (χ3n) is 3.27. The normalized spacial score (nSPS) is 16.1. The minimum Gasteiger partial charge on any atom is -0.390 e. The van der Waals surface area contributed by atoms with Gasteiger partial charge in [-0.3, -0.25) is 0 Å². The van der Waals surface area contributed by atoms with E-state index in [1.165, 1.54) is 19.3 Å². The molecule has 0 aromatic rings. The molecule has 1 atom stereocenters. The van der Waals surface area contributed by atoms with Crippen molar-refractivity contribution in [3.63, 3.8) is 0 Å². The lowest BCUT2D eigenvalue weighted by molar-refractivity contribution is 0.0441. The zero-order valence-electron chi connectivity index (χ0n) is 11.6. The van der Waals surface area contributed by atoms with Crippen LogP contribution in [0.3, 0.4) is 0 Å². The molecule has 0 fully saturated rings. The molecule has 2 N–H and O–H groups in total. The van der Waals surface area contributed by atoms with Crippen molar-refractivity contribution in [2.24, 2.45) is 0 Å². The molecule has 16 heavy (non-hydrogen) atoms. The molecule has 98 valence electrons. The third kappa shape index (κ3) is 10.4. The van der Waals surface area contributed by atoms with E-state index in [1.54, 1.807) is 0 Å². The first-order valence-electron chi connectivity index (χ1n) is 6.71. The van der Waals surface area contributed by atoms with E-state index < -0.39 is 11.2 Å². The summed E-state index contributed by atoms with van der Waals surface area (Å²) in [5.74, 6) is 0. The predicted molar refractivity (Wildman–Crippen MR) is 69.5 cm³/mol. The highest BCUT2D eigenvalue weighted by molar-refractivity contribution is 4.69. The van der Waals surface area contributed by atoms with Crippen LogP contribution in [-0.2, 0) is 0 Å². The lowest BCUT2D eigenvalue weighted by atomic mass is 9.94. The Kier molecular flexibility index (Phi) is 7.25.